The molecule has 1 saturated carbocycles. The number of carbonyl (C=O) groups is 1. The largest absolute Gasteiger partial charge is 0.471 e. The van der Waals surface area contributed by atoms with Crippen LogP contribution in [0, 0.1) is 0 Å². The molecule has 114 valence electrons. The second kappa shape index (κ2) is 7.11. The molecule has 1 atom stereocenters. The zero-order valence-corrected chi connectivity index (χ0v) is 12.9. The van der Waals surface area contributed by atoms with E-state index in [4.69, 9.17) is 4.74 Å². The summed E-state index contributed by atoms with van der Waals surface area (Å²) in [6.07, 6.45) is 7.73. The van der Waals surface area contributed by atoms with Gasteiger partial charge in [0, 0.05) is 30.5 Å². The molecular formula is C15H21N3O2S. The molecule has 1 saturated heterocycles. The molecule has 1 unspecified atom stereocenters. The van der Waals surface area contributed by atoms with E-state index in [9.17, 15) is 4.79 Å². The predicted octanol–water partition coefficient (Wildman–Crippen LogP) is 2.13. The summed E-state index contributed by atoms with van der Waals surface area (Å²) in [5.41, 5.74) is 0. The van der Waals surface area contributed by atoms with Gasteiger partial charge in [-0.3, -0.25) is 4.79 Å². The summed E-state index contributed by atoms with van der Waals surface area (Å²) in [4.78, 5) is 14.1. The highest BCUT2D eigenvalue weighted by atomic mass is 32.2. The molecule has 1 amide bonds. The van der Waals surface area contributed by atoms with Crippen LogP contribution < -0.4 is 4.74 Å². The van der Waals surface area contributed by atoms with Gasteiger partial charge in [-0.1, -0.05) is 12.8 Å². The zero-order valence-electron chi connectivity index (χ0n) is 12.1. The molecule has 1 aromatic heterocycles. The van der Waals surface area contributed by atoms with Crippen LogP contribution in [-0.4, -0.2) is 51.2 Å². The average Bonchev–Trinajstić information content (AvgIpc) is 3.17. The molecule has 6 heteroatoms. The fourth-order valence-corrected chi connectivity index (χ4v) is 4.13. The van der Waals surface area contributed by atoms with Gasteiger partial charge < -0.3 is 9.64 Å². The first-order valence-corrected chi connectivity index (χ1v) is 8.70. The number of amides is 1. The molecule has 0 aromatic carbocycles. The molecule has 2 aliphatic rings. The van der Waals surface area contributed by atoms with Crippen LogP contribution in [0.3, 0.4) is 0 Å². The van der Waals surface area contributed by atoms with Crippen LogP contribution in [0.4, 0.5) is 0 Å². The summed E-state index contributed by atoms with van der Waals surface area (Å²) in [5, 5.41) is 8.41. The van der Waals surface area contributed by atoms with Crippen molar-refractivity contribution < 1.29 is 9.53 Å². The fraction of sp³-hybridized carbons (Fsp3) is 0.667. The molecule has 5 nitrogen and oxygen atoms in total. The normalized spacial score (nSPS) is 22.7. The smallest absolute Gasteiger partial charge is 0.233 e. The van der Waals surface area contributed by atoms with Crippen LogP contribution in [0.15, 0.2) is 18.3 Å². The minimum absolute atomic E-state index is 0.0436. The molecule has 1 aliphatic carbocycles. The summed E-state index contributed by atoms with van der Waals surface area (Å²) in [6, 6.07) is 3.60. The van der Waals surface area contributed by atoms with Crippen molar-refractivity contribution >= 4 is 17.7 Å². The Morgan fingerprint density at radius 1 is 1.38 bits per heavy atom. The van der Waals surface area contributed by atoms with Crippen LogP contribution in [0.1, 0.15) is 32.1 Å². The number of hydrogen-bond donors (Lipinski definition) is 0. The van der Waals surface area contributed by atoms with E-state index >= 15 is 0 Å². The number of hydrogen-bond acceptors (Lipinski definition) is 5. The van der Waals surface area contributed by atoms with E-state index in [1.165, 1.54) is 25.7 Å². The second-order valence-electron chi connectivity index (χ2n) is 5.65. The quantitative estimate of drug-likeness (QED) is 0.834. The average molecular weight is 307 g/mol. The fourth-order valence-electron chi connectivity index (χ4n) is 2.91. The Balaban J connectivity index is 1.42. The van der Waals surface area contributed by atoms with Crippen LogP contribution in [0.2, 0.25) is 0 Å². The Kier molecular flexibility index (Phi) is 4.95. The maximum absolute atomic E-state index is 12.2. The van der Waals surface area contributed by atoms with Gasteiger partial charge in [0.05, 0.1) is 12.3 Å². The first-order valence-electron chi connectivity index (χ1n) is 7.65. The highest BCUT2D eigenvalue weighted by Crippen LogP contribution is 2.29. The van der Waals surface area contributed by atoms with Gasteiger partial charge in [0.15, 0.2) is 0 Å². The Morgan fingerprint density at radius 2 is 2.24 bits per heavy atom. The Bertz CT molecular complexity index is 465. The van der Waals surface area contributed by atoms with E-state index < -0.39 is 0 Å². The Hall–Kier alpha value is -1.30. The molecule has 3 rings (SSSR count). The molecule has 0 radical (unpaired) electrons. The van der Waals surface area contributed by atoms with Crippen molar-refractivity contribution in [2.75, 3.05) is 18.8 Å². The van der Waals surface area contributed by atoms with E-state index in [2.05, 4.69) is 10.2 Å². The summed E-state index contributed by atoms with van der Waals surface area (Å²) in [7, 11) is 0. The second-order valence-corrected chi connectivity index (χ2v) is 6.94. The van der Waals surface area contributed by atoms with Crippen LogP contribution in [-0.2, 0) is 4.79 Å². The van der Waals surface area contributed by atoms with Crippen molar-refractivity contribution in [3.63, 3.8) is 0 Å². The van der Waals surface area contributed by atoms with Crippen molar-refractivity contribution in [1.82, 2.24) is 15.1 Å². The van der Waals surface area contributed by atoms with Crippen molar-refractivity contribution in [3.8, 4) is 5.88 Å². The molecule has 1 aromatic rings. The lowest BCUT2D eigenvalue weighted by Crippen LogP contribution is -2.32. The number of carbonyl (C=O) groups excluding carboxylic acids is 1. The van der Waals surface area contributed by atoms with Gasteiger partial charge in [0.25, 0.3) is 0 Å². The summed E-state index contributed by atoms with van der Waals surface area (Å²) in [5.74, 6) is 1.40. The lowest BCUT2D eigenvalue weighted by molar-refractivity contribution is -0.127. The highest BCUT2D eigenvalue weighted by molar-refractivity contribution is 8.00. The first kappa shape index (κ1) is 14.6. The molecule has 2 fully saturated rings. The zero-order chi connectivity index (χ0) is 14.5. The topological polar surface area (TPSA) is 55.3 Å². The van der Waals surface area contributed by atoms with E-state index in [1.807, 2.05) is 16.7 Å². The van der Waals surface area contributed by atoms with Gasteiger partial charge in [0.1, 0.15) is 6.10 Å². The van der Waals surface area contributed by atoms with Crippen LogP contribution >= 0.6 is 11.8 Å². The van der Waals surface area contributed by atoms with E-state index in [1.54, 1.807) is 18.3 Å². The van der Waals surface area contributed by atoms with E-state index in [0.717, 1.165) is 13.0 Å². The number of likely N-dealkylation sites (tertiary alicyclic amines) is 1. The first-order chi connectivity index (χ1) is 10.3. The minimum atomic E-state index is 0.0436. The molecule has 0 N–H and O–H groups in total. The summed E-state index contributed by atoms with van der Waals surface area (Å²) in [6.45, 7) is 1.45. The van der Waals surface area contributed by atoms with Crippen LogP contribution in [0.5, 0.6) is 5.88 Å². The number of aromatic nitrogens is 2. The molecule has 0 bridgehead atoms. The lowest BCUT2D eigenvalue weighted by atomic mass is 10.3. The molecule has 0 spiro atoms. The maximum atomic E-state index is 12.2. The summed E-state index contributed by atoms with van der Waals surface area (Å²) < 4.78 is 5.76. The van der Waals surface area contributed by atoms with Gasteiger partial charge in [-0.25, -0.2) is 0 Å². The lowest BCUT2D eigenvalue weighted by Gasteiger charge is -2.17. The van der Waals surface area contributed by atoms with Crippen molar-refractivity contribution in [3.05, 3.63) is 18.3 Å². The predicted molar refractivity (Wildman–Crippen MR) is 82.4 cm³/mol. The monoisotopic (exact) mass is 307 g/mol. The molecular weight excluding hydrogens is 286 g/mol. The van der Waals surface area contributed by atoms with Crippen molar-refractivity contribution in [1.29, 1.82) is 0 Å². The Labute approximate surface area is 129 Å². The minimum Gasteiger partial charge on any atom is -0.471 e. The van der Waals surface area contributed by atoms with Crippen molar-refractivity contribution in [2.24, 2.45) is 0 Å². The number of ether oxygens (including phenoxy) is 1. The molecule has 21 heavy (non-hydrogen) atoms. The summed E-state index contributed by atoms with van der Waals surface area (Å²) >= 11 is 1.83. The molecule has 2 heterocycles. The van der Waals surface area contributed by atoms with Gasteiger partial charge in [0.2, 0.25) is 11.8 Å². The number of nitrogens with zero attached hydrogens (tertiary/aromatic N) is 3. The van der Waals surface area contributed by atoms with Gasteiger partial charge in [-0.2, -0.15) is 5.10 Å². The number of thioether (sulfide) groups is 1. The SMILES string of the molecule is O=C(CSC1CCCC1)N1CCC(Oc2cccnn2)C1. The third-order valence-corrected chi connectivity index (χ3v) is 5.43. The standard InChI is InChI=1S/C15H21N3O2S/c19-15(11-21-13-4-1-2-5-13)18-9-7-12(10-18)20-14-6-3-8-16-17-14/h3,6,8,12-13H,1-2,4-5,7,9-11H2. The van der Waals surface area contributed by atoms with Gasteiger partial charge >= 0.3 is 0 Å². The third-order valence-electron chi connectivity index (χ3n) is 4.08. The van der Waals surface area contributed by atoms with Crippen molar-refractivity contribution in [2.45, 2.75) is 43.5 Å². The van der Waals surface area contributed by atoms with Crippen LogP contribution in [0.25, 0.3) is 0 Å². The van der Waals surface area contributed by atoms with E-state index in [0.29, 0.717) is 23.4 Å². The maximum Gasteiger partial charge on any atom is 0.233 e. The van der Waals surface area contributed by atoms with Gasteiger partial charge in [-0.15, -0.1) is 16.9 Å². The van der Waals surface area contributed by atoms with Gasteiger partial charge in [-0.05, 0) is 18.9 Å². The highest BCUT2D eigenvalue weighted by Gasteiger charge is 2.28. The van der Waals surface area contributed by atoms with E-state index in [-0.39, 0.29) is 12.0 Å². The number of rotatable bonds is 5. The third kappa shape index (κ3) is 4.09. The molecule has 1 aliphatic heterocycles. The Morgan fingerprint density at radius 3 is 3.00 bits per heavy atom.